The van der Waals surface area contributed by atoms with Crippen molar-refractivity contribution < 1.29 is 5.11 Å². The van der Waals surface area contributed by atoms with Crippen molar-refractivity contribution in [2.45, 2.75) is 38.3 Å². The van der Waals surface area contributed by atoms with Crippen LogP contribution < -0.4 is 5.32 Å². The molecule has 0 radical (unpaired) electrons. The molecule has 0 heterocycles. The molecule has 0 bridgehead atoms. The molecule has 2 aromatic rings. The minimum atomic E-state index is 0.178. The maximum absolute atomic E-state index is 9.75. The number of benzene rings is 2. The van der Waals surface area contributed by atoms with Crippen molar-refractivity contribution in [3.8, 4) is 5.75 Å². The molecule has 2 atom stereocenters. The normalized spacial score (nSPS) is 19.0. The van der Waals surface area contributed by atoms with Crippen LogP contribution in [0.1, 0.15) is 48.5 Å². The molecule has 0 amide bonds. The Bertz CT molecular complexity index is 641. The van der Waals surface area contributed by atoms with E-state index >= 15 is 0 Å². The van der Waals surface area contributed by atoms with E-state index in [2.05, 4.69) is 18.3 Å². The molecule has 110 valence electrons. The standard InChI is InChI=1S/C18H20ClNO/c1-12(15-6-2-3-7-17(15)19)20-18-8-4-5-13-9-10-14(21)11-16(13)18/h2-3,6-7,9-12,18,20-21H,4-5,8H2,1H3. The molecule has 2 nitrogen and oxygen atoms in total. The Morgan fingerprint density at radius 3 is 2.86 bits per heavy atom. The highest BCUT2D eigenvalue weighted by Gasteiger charge is 2.22. The SMILES string of the molecule is CC(NC1CCCc2ccc(O)cc21)c1ccccc1Cl. The molecule has 0 aliphatic heterocycles. The average Bonchev–Trinajstić information content (AvgIpc) is 2.48. The van der Waals surface area contributed by atoms with E-state index in [0.717, 1.165) is 23.4 Å². The van der Waals surface area contributed by atoms with E-state index in [-0.39, 0.29) is 12.1 Å². The molecule has 2 unspecified atom stereocenters. The van der Waals surface area contributed by atoms with E-state index in [1.165, 1.54) is 17.5 Å². The monoisotopic (exact) mass is 301 g/mol. The van der Waals surface area contributed by atoms with Gasteiger partial charge >= 0.3 is 0 Å². The van der Waals surface area contributed by atoms with Crippen LogP contribution >= 0.6 is 11.6 Å². The Balaban J connectivity index is 1.83. The van der Waals surface area contributed by atoms with Gasteiger partial charge in [0, 0.05) is 17.1 Å². The molecule has 3 heteroatoms. The number of aryl methyl sites for hydroxylation is 1. The fraction of sp³-hybridized carbons (Fsp3) is 0.333. The highest BCUT2D eigenvalue weighted by molar-refractivity contribution is 6.31. The summed E-state index contributed by atoms with van der Waals surface area (Å²) in [5.41, 5.74) is 3.68. The molecular weight excluding hydrogens is 282 g/mol. The Morgan fingerprint density at radius 2 is 2.05 bits per heavy atom. The van der Waals surface area contributed by atoms with Gasteiger partial charge in [0.15, 0.2) is 0 Å². The first-order chi connectivity index (χ1) is 10.1. The number of phenols is 1. The average molecular weight is 302 g/mol. The number of nitrogens with one attached hydrogen (secondary N) is 1. The summed E-state index contributed by atoms with van der Waals surface area (Å²) in [5, 5.41) is 14.2. The zero-order chi connectivity index (χ0) is 14.8. The van der Waals surface area contributed by atoms with Gasteiger partial charge in [0.05, 0.1) is 0 Å². The molecule has 0 fully saturated rings. The summed E-state index contributed by atoms with van der Waals surface area (Å²) in [6, 6.07) is 14.1. The van der Waals surface area contributed by atoms with Crippen LogP contribution in [0.3, 0.4) is 0 Å². The van der Waals surface area contributed by atoms with Crippen molar-refractivity contribution in [3.05, 3.63) is 64.2 Å². The first-order valence-corrected chi connectivity index (χ1v) is 7.85. The fourth-order valence-corrected chi connectivity index (χ4v) is 3.48. The van der Waals surface area contributed by atoms with Gasteiger partial charge in [-0.3, -0.25) is 0 Å². The summed E-state index contributed by atoms with van der Waals surface area (Å²) >= 11 is 6.28. The summed E-state index contributed by atoms with van der Waals surface area (Å²) in [6.07, 6.45) is 3.35. The molecule has 21 heavy (non-hydrogen) atoms. The lowest BCUT2D eigenvalue weighted by Crippen LogP contribution is -2.27. The van der Waals surface area contributed by atoms with Crippen molar-refractivity contribution in [2.24, 2.45) is 0 Å². The Hall–Kier alpha value is -1.51. The van der Waals surface area contributed by atoms with Gasteiger partial charge in [-0.1, -0.05) is 35.9 Å². The van der Waals surface area contributed by atoms with Gasteiger partial charge in [0.2, 0.25) is 0 Å². The van der Waals surface area contributed by atoms with Gasteiger partial charge in [0.1, 0.15) is 5.75 Å². The molecule has 0 saturated carbocycles. The number of hydrogen-bond donors (Lipinski definition) is 2. The molecule has 0 aromatic heterocycles. The number of aromatic hydroxyl groups is 1. The molecule has 1 aliphatic rings. The Morgan fingerprint density at radius 1 is 1.24 bits per heavy atom. The van der Waals surface area contributed by atoms with E-state index in [0.29, 0.717) is 5.75 Å². The van der Waals surface area contributed by atoms with Crippen LogP contribution in [0.2, 0.25) is 5.02 Å². The molecular formula is C18H20ClNO. The van der Waals surface area contributed by atoms with Crippen LogP contribution in [0.4, 0.5) is 0 Å². The van der Waals surface area contributed by atoms with Crippen LogP contribution in [0, 0.1) is 0 Å². The molecule has 3 rings (SSSR count). The molecule has 2 aromatic carbocycles. The quantitative estimate of drug-likeness (QED) is 0.855. The third-order valence-corrected chi connectivity index (χ3v) is 4.61. The Kier molecular flexibility index (Phi) is 4.18. The number of phenolic OH excluding ortho intramolecular Hbond substituents is 1. The van der Waals surface area contributed by atoms with Crippen LogP contribution in [-0.2, 0) is 6.42 Å². The van der Waals surface area contributed by atoms with Gasteiger partial charge in [-0.05, 0) is 61.1 Å². The number of fused-ring (bicyclic) bond motifs is 1. The maximum Gasteiger partial charge on any atom is 0.115 e. The van der Waals surface area contributed by atoms with Crippen molar-refractivity contribution in [3.63, 3.8) is 0 Å². The van der Waals surface area contributed by atoms with Gasteiger partial charge in [-0.2, -0.15) is 0 Å². The second-order valence-corrected chi connectivity index (χ2v) is 6.14. The van der Waals surface area contributed by atoms with Gasteiger partial charge in [-0.25, -0.2) is 0 Å². The third-order valence-electron chi connectivity index (χ3n) is 4.27. The zero-order valence-electron chi connectivity index (χ0n) is 12.1. The van der Waals surface area contributed by atoms with Crippen LogP contribution in [0.5, 0.6) is 5.75 Å². The first-order valence-electron chi connectivity index (χ1n) is 7.47. The van der Waals surface area contributed by atoms with Crippen molar-refractivity contribution in [1.82, 2.24) is 5.32 Å². The van der Waals surface area contributed by atoms with E-state index < -0.39 is 0 Å². The molecule has 1 aliphatic carbocycles. The summed E-state index contributed by atoms with van der Waals surface area (Å²) in [6.45, 7) is 2.14. The van der Waals surface area contributed by atoms with Crippen LogP contribution in [-0.4, -0.2) is 5.11 Å². The highest BCUT2D eigenvalue weighted by Crippen LogP contribution is 2.34. The minimum absolute atomic E-state index is 0.178. The summed E-state index contributed by atoms with van der Waals surface area (Å²) in [5.74, 6) is 0.341. The third kappa shape index (κ3) is 3.07. The minimum Gasteiger partial charge on any atom is -0.508 e. The maximum atomic E-state index is 9.75. The predicted molar refractivity (Wildman–Crippen MR) is 86.8 cm³/mol. The molecule has 0 spiro atoms. The second-order valence-electron chi connectivity index (χ2n) is 5.74. The van der Waals surface area contributed by atoms with E-state index in [1.807, 2.05) is 30.3 Å². The van der Waals surface area contributed by atoms with Gasteiger partial charge in [-0.15, -0.1) is 0 Å². The highest BCUT2D eigenvalue weighted by atomic mass is 35.5. The smallest absolute Gasteiger partial charge is 0.115 e. The number of halogens is 1. The van der Waals surface area contributed by atoms with Crippen LogP contribution in [0.15, 0.2) is 42.5 Å². The second kappa shape index (κ2) is 6.08. The Labute approximate surface area is 130 Å². The zero-order valence-corrected chi connectivity index (χ0v) is 12.9. The topological polar surface area (TPSA) is 32.3 Å². The van der Waals surface area contributed by atoms with Gasteiger partial charge < -0.3 is 10.4 Å². The number of rotatable bonds is 3. The van der Waals surface area contributed by atoms with E-state index in [9.17, 15) is 5.11 Å². The van der Waals surface area contributed by atoms with Crippen molar-refractivity contribution in [1.29, 1.82) is 0 Å². The predicted octanol–water partition coefficient (Wildman–Crippen LogP) is 4.77. The van der Waals surface area contributed by atoms with E-state index in [4.69, 9.17) is 11.6 Å². The lowest BCUT2D eigenvalue weighted by molar-refractivity contribution is 0.411. The lowest BCUT2D eigenvalue weighted by atomic mass is 9.87. The van der Waals surface area contributed by atoms with Crippen LogP contribution in [0.25, 0.3) is 0 Å². The van der Waals surface area contributed by atoms with Gasteiger partial charge in [0.25, 0.3) is 0 Å². The molecule has 0 saturated heterocycles. The lowest BCUT2D eigenvalue weighted by Gasteiger charge is -2.30. The summed E-state index contributed by atoms with van der Waals surface area (Å²) in [4.78, 5) is 0. The fourth-order valence-electron chi connectivity index (χ4n) is 3.18. The van der Waals surface area contributed by atoms with E-state index in [1.54, 1.807) is 6.07 Å². The summed E-state index contributed by atoms with van der Waals surface area (Å²) < 4.78 is 0. The number of hydrogen-bond acceptors (Lipinski definition) is 2. The van der Waals surface area contributed by atoms with Crippen molar-refractivity contribution >= 4 is 11.6 Å². The largest absolute Gasteiger partial charge is 0.508 e. The summed E-state index contributed by atoms with van der Waals surface area (Å²) in [7, 11) is 0. The molecule has 2 N–H and O–H groups in total. The van der Waals surface area contributed by atoms with Crippen molar-refractivity contribution in [2.75, 3.05) is 0 Å². The first kappa shape index (κ1) is 14.4.